The van der Waals surface area contributed by atoms with Crippen molar-refractivity contribution < 1.29 is 19.1 Å². The molecule has 5 N–H and O–H groups in total. The molecule has 0 aromatic carbocycles. The first-order valence-corrected chi connectivity index (χ1v) is 10.8. The lowest BCUT2D eigenvalue weighted by Gasteiger charge is -2.38. The number of piperidine rings is 1. The van der Waals surface area contributed by atoms with Gasteiger partial charge in [-0.3, -0.25) is 19.8 Å². The number of halogens is 2. The number of carbonyl (C=O) groups excluding carboxylic acids is 3. The summed E-state index contributed by atoms with van der Waals surface area (Å²) < 4.78 is 4.93. The predicted molar refractivity (Wildman–Crippen MR) is 129 cm³/mol. The van der Waals surface area contributed by atoms with E-state index in [1.807, 2.05) is 6.92 Å². The zero-order valence-electron chi connectivity index (χ0n) is 19.4. The molecule has 0 unspecified atom stereocenters. The van der Waals surface area contributed by atoms with Crippen molar-refractivity contribution in [2.75, 3.05) is 39.8 Å². The van der Waals surface area contributed by atoms with Gasteiger partial charge in [0.1, 0.15) is 0 Å². The highest BCUT2D eigenvalue weighted by atomic mass is 35.5. The number of likely N-dealkylation sites (tertiary alicyclic amines) is 1. The van der Waals surface area contributed by atoms with Crippen molar-refractivity contribution in [2.24, 2.45) is 11.5 Å². The van der Waals surface area contributed by atoms with Crippen LogP contribution in [0.1, 0.15) is 52.4 Å². The van der Waals surface area contributed by atoms with Crippen LogP contribution in [-0.4, -0.2) is 90.4 Å². The van der Waals surface area contributed by atoms with Crippen LogP contribution in [0.2, 0.25) is 0 Å². The molecule has 12 heteroatoms. The third-order valence-electron chi connectivity index (χ3n) is 5.37. The van der Waals surface area contributed by atoms with Crippen LogP contribution < -0.4 is 11.5 Å². The van der Waals surface area contributed by atoms with Crippen LogP contribution in [0.15, 0.2) is 0 Å². The highest BCUT2D eigenvalue weighted by molar-refractivity contribution is 5.88. The summed E-state index contributed by atoms with van der Waals surface area (Å²) in [5.41, 5.74) is 11.6. The molecule has 2 amide bonds. The SMILES string of the molecule is CCCCN(CCC(=O)OCC)C(=O)[C@@H](N)CC(=O)N(C)[C@H]1CCCN(C(=N)N)C1.Cl.Cl. The van der Waals surface area contributed by atoms with Crippen molar-refractivity contribution in [3.8, 4) is 0 Å². The van der Waals surface area contributed by atoms with E-state index >= 15 is 0 Å². The summed E-state index contributed by atoms with van der Waals surface area (Å²) in [7, 11) is 1.70. The average molecular weight is 499 g/mol. The van der Waals surface area contributed by atoms with Gasteiger partial charge in [0.2, 0.25) is 11.8 Å². The number of carbonyl (C=O) groups is 3. The second kappa shape index (κ2) is 16.8. The molecule has 0 saturated carbocycles. The molecule has 0 spiro atoms. The Labute approximate surface area is 203 Å². The molecular weight excluding hydrogens is 459 g/mol. The van der Waals surface area contributed by atoms with E-state index in [1.165, 1.54) is 0 Å². The Morgan fingerprint density at radius 1 is 1.22 bits per heavy atom. The van der Waals surface area contributed by atoms with Crippen LogP contribution in [0.25, 0.3) is 0 Å². The van der Waals surface area contributed by atoms with E-state index in [4.69, 9.17) is 21.6 Å². The second-order valence-electron chi connectivity index (χ2n) is 7.68. The number of ether oxygens (including phenoxy) is 1. The van der Waals surface area contributed by atoms with Crippen molar-refractivity contribution in [2.45, 2.75) is 64.5 Å². The topological polar surface area (TPSA) is 146 Å². The Morgan fingerprint density at radius 2 is 1.88 bits per heavy atom. The highest BCUT2D eigenvalue weighted by Crippen LogP contribution is 2.16. The largest absolute Gasteiger partial charge is 0.466 e. The molecule has 0 aromatic heterocycles. The lowest BCUT2D eigenvalue weighted by molar-refractivity contribution is -0.145. The van der Waals surface area contributed by atoms with E-state index in [1.54, 1.807) is 28.7 Å². The maximum Gasteiger partial charge on any atom is 0.307 e. The Balaban J connectivity index is 0. The van der Waals surface area contributed by atoms with Crippen LogP contribution in [0, 0.1) is 5.41 Å². The first-order chi connectivity index (χ1) is 14.2. The van der Waals surface area contributed by atoms with Crippen molar-refractivity contribution in [3.05, 3.63) is 0 Å². The number of nitrogens with two attached hydrogens (primary N) is 2. The first kappa shape index (κ1) is 32.4. The quantitative estimate of drug-likeness (QED) is 0.218. The smallest absolute Gasteiger partial charge is 0.307 e. The molecule has 188 valence electrons. The summed E-state index contributed by atoms with van der Waals surface area (Å²) in [6, 6.07) is -1.04. The zero-order valence-corrected chi connectivity index (χ0v) is 21.0. The molecule has 10 nitrogen and oxygen atoms in total. The van der Waals surface area contributed by atoms with Crippen molar-refractivity contribution in [1.29, 1.82) is 5.41 Å². The van der Waals surface area contributed by atoms with Gasteiger partial charge in [-0.2, -0.15) is 0 Å². The van der Waals surface area contributed by atoms with E-state index in [2.05, 4.69) is 0 Å². The molecule has 1 aliphatic heterocycles. The van der Waals surface area contributed by atoms with E-state index in [-0.39, 0.29) is 74.0 Å². The number of rotatable bonds is 11. The lowest BCUT2D eigenvalue weighted by Crippen LogP contribution is -2.53. The minimum Gasteiger partial charge on any atom is -0.466 e. The monoisotopic (exact) mass is 498 g/mol. The van der Waals surface area contributed by atoms with Crippen LogP contribution in [0.5, 0.6) is 0 Å². The molecule has 0 aliphatic carbocycles. The number of nitrogens with zero attached hydrogens (tertiary/aromatic N) is 3. The third-order valence-corrected chi connectivity index (χ3v) is 5.37. The minimum atomic E-state index is -0.966. The van der Waals surface area contributed by atoms with Gasteiger partial charge in [0.25, 0.3) is 0 Å². The Morgan fingerprint density at radius 3 is 2.44 bits per heavy atom. The summed E-state index contributed by atoms with van der Waals surface area (Å²) in [5, 5.41) is 7.59. The summed E-state index contributed by atoms with van der Waals surface area (Å²) >= 11 is 0. The van der Waals surface area contributed by atoms with Gasteiger partial charge >= 0.3 is 5.97 Å². The van der Waals surface area contributed by atoms with Gasteiger partial charge in [-0.05, 0) is 26.2 Å². The normalized spacial score (nSPS) is 16.1. The highest BCUT2D eigenvalue weighted by Gasteiger charge is 2.30. The van der Waals surface area contributed by atoms with E-state index < -0.39 is 6.04 Å². The maximum absolute atomic E-state index is 12.8. The maximum atomic E-state index is 12.8. The van der Waals surface area contributed by atoms with Gasteiger partial charge in [0, 0.05) is 39.3 Å². The number of guanidine groups is 1. The van der Waals surface area contributed by atoms with Gasteiger partial charge in [0.05, 0.1) is 25.5 Å². The minimum absolute atomic E-state index is 0. The van der Waals surface area contributed by atoms with Crippen molar-refractivity contribution >= 4 is 48.6 Å². The summed E-state index contributed by atoms with van der Waals surface area (Å²) in [5.74, 6) is -0.903. The summed E-state index contributed by atoms with van der Waals surface area (Å²) in [6.07, 6.45) is 3.34. The molecule has 1 heterocycles. The number of unbranched alkanes of at least 4 members (excludes halogenated alkanes) is 1. The zero-order chi connectivity index (χ0) is 22.7. The molecular formula is C20H40Cl2N6O4. The first-order valence-electron chi connectivity index (χ1n) is 10.8. The van der Waals surface area contributed by atoms with Crippen LogP contribution >= 0.6 is 24.8 Å². The van der Waals surface area contributed by atoms with Crippen LogP contribution in [-0.2, 0) is 19.1 Å². The van der Waals surface area contributed by atoms with Gasteiger partial charge in [-0.15, -0.1) is 24.8 Å². The van der Waals surface area contributed by atoms with Gasteiger partial charge < -0.3 is 30.9 Å². The van der Waals surface area contributed by atoms with Crippen LogP contribution in [0.3, 0.4) is 0 Å². The molecule has 1 aliphatic rings. The molecule has 0 bridgehead atoms. The Kier molecular flexibility index (Phi) is 17.0. The summed E-state index contributed by atoms with van der Waals surface area (Å²) in [4.78, 5) is 42.1. The number of likely N-dealkylation sites (N-methyl/N-ethyl adjacent to an activating group) is 1. The second-order valence-corrected chi connectivity index (χ2v) is 7.68. The molecule has 1 fully saturated rings. The standard InChI is InChI=1S/C20H38N6O4.2ClH/c1-4-6-10-25(12-9-18(28)30-5-2)19(29)16(21)13-17(27)24(3)15-8-7-11-26(14-15)20(22)23;;/h15-16H,4-14,21H2,1-3H3,(H3,22,23);2*1H/t15-,16-;;/m0../s1. The Hall–Kier alpha value is -1.78. The number of hydrogen-bond acceptors (Lipinski definition) is 6. The molecule has 0 radical (unpaired) electrons. The van der Waals surface area contributed by atoms with E-state index in [9.17, 15) is 14.4 Å². The molecule has 1 saturated heterocycles. The third kappa shape index (κ3) is 10.7. The Bertz CT molecular complexity index is 611. The van der Waals surface area contributed by atoms with Crippen molar-refractivity contribution in [3.63, 3.8) is 0 Å². The number of hydrogen-bond donors (Lipinski definition) is 3. The number of esters is 1. The van der Waals surface area contributed by atoms with Crippen molar-refractivity contribution in [1.82, 2.24) is 14.7 Å². The number of nitrogens with one attached hydrogen (secondary N) is 1. The fourth-order valence-corrected chi connectivity index (χ4v) is 3.49. The van der Waals surface area contributed by atoms with Gasteiger partial charge in [0.15, 0.2) is 5.96 Å². The molecule has 32 heavy (non-hydrogen) atoms. The molecule has 2 atom stereocenters. The fourth-order valence-electron chi connectivity index (χ4n) is 3.49. The number of amides is 2. The molecule has 1 rings (SSSR count). The average Bonchev–Trinajstić information content (AvgIpc) is 2.72. The van der Waals surface area contributed by atoms with E-state index in [0.717, 1.165) is 25.7 Å². The molecule has 0 aromatic rings. The predicted octanol–water partition coefficient (Wildman–Crippen LogP) is 0.946. The van der Waals surface area contributed by atoms with Crippen LogP contribution in [0.4, 0.5) is 0 Å². The van der Waals surface area contributed by atoms with Gasteiger partial charge in [-0.25, -0.2) is 0 Å². The summed E-state index contributed by atoms with van der Waals surface area (Å²) in [6.45, 7) is 5.97. The fraction of sp³-hybridized carbons (Fsp3) is 0.800. The van der Waals surface area contributed by atoms with Gasteiger partial charge in [-0.1, -0.05) is 13.3 Å². The lowest BCUT2D eigenvalue weighted by atomic mass is 10.0. The van der Waals surface area contributed by atoms with E-state index in [0.29, 0.717) is 26.2 Å².